The molecule has 2 unspecified atom stereocenters. The van der Waals surface area contributed by atoms with Gasteiger partial charge in [-0.1, -0.05) is 0 Å². The molecule has 1 N–H and O–H groups in total. The Morgan fingerprint density at radius 3 is 2.56 bits per heavy atom. The molecular formula is C5H9AuOS2. The molecule has 0 aromatic rings. The van der Waals surface area contributed by atoms with Crippen molar-refractivity contribution in [2.75, 3.05) is 5.75 Å². The van der Waals surface area contributed by atoms with Gasteiger partial charge in [0.15, 0.2) is 0 Å². The third kappa shape index (κ3) is 3.96. The van der Waals surface area contributed by atoms with Crippen molar-refractivity contribution in [3.05, 3.63) is 0 Å². The maximum Gasteiger partial charge on any atom is 1.00 e. The zero-order valence-corrected chi connectivity index (χ0v) is 8.64. The molecule has 1 aliphatic heterocycles. The fraction of sp³-hybridized carbons (Fsp3) is 1.00. The second-order valence-electron chi connectivity index (χ2n) is 1.98. The molecule has 0 amide bonds. The molecule has 0 radical (unpaired) electrons. The number of aliphatic hydroxyl groups is 1. The summed E-state index contributed by atoms with van der Waals surface area (Å²) >= 11 is 6.75. The number of thioether (sulfide) groups is 1. The van der Waals surface area contributed by atoms with Crippen LogP contribution in [0, 0.1) is 0 Å². The summed E-state index contributed by atoms with van der Waals surface area (Å²) < 4.78 is 0.263. The van der Waals surface area contributed by atoms with E-state index in [1.165, 1.54) is 0 Å². The van der Waals surface area contributed by atoms with Gasteiger partial charge in [-0.3, -0.25) is 0 Å². The molecular weight excluding hydrogens is 337 g/mol. The second kappa shape index (κ2) is 5.10. The molecule has 0 aliphatic carbocycles. The molecule has 9 heavy (non-hydrogen) atoms. The van der Waals surface area contributed by atoms with Gasteiger partial charge in [-0.25, -0.2) is 0 Å². The number of rotatable bonds is 0. The molecule has 1 fully saturated rings. The zero-order valence-electron chi connectivity index (χ0n) is 4.84. The van der Waals surface area contributed by atoms with E-state index in [0.29, 0.717) is 0 Å². The summed E-state index contributed by atoms with van der Waals surface area (Å²) in [5.41, 5.74) is 0. The minimum Gasteiger partial charge on any atom is -0.779 e. The van der Waals surface area contributed by atoms with Gasteiger partial charge in [0.25, 0.3) is 0 Å². The number of hydrogen-bond acceptors (Lipinski definition) is 3. The van der Waals surface area contributed by atoms with Crippen molar-refractivity contribution in [3.63, 3.8) is 0 Å². The van der Waals surface area contributed by atoms with Gasteiger partial charge in [0.05, 0.1) is 6.10 Å². The van der Waals surface area contributed by atoms with E-state index in [9.17, 15) is 0 Å². The van der Waals surface area contributed by atoms with Gasteiger partial charge in [0.1, 0.15) is 0 Å². The predicted octanol–water partition coefficient (Wildman–Crippen LogP) is 0.745. The van der Waals surface area contributed by atoms with Gasteiger partial charge in [-0.05, 0) is 18.6 Å². The Kier molecular flexibility index (Phi) is 5.90. The fourth-order valence-electron chi connectivity index (χ4n) is 0.744. The fourth-order valence-corrected chi connectivity index (χ4v) is 2.28. The van der Waals surface area contributed by atoms with Crippen molar-refractivity contribution >= 4 is 24.4 Å². The molecule has 1 heterocycles. The smallest absolute Gasteiger partial charge is 0.779 e. The first kappa shape index (κ1) is 10.4. The van der Waals surface area contributed by atoms with Gasteiger partial charge >= 0.3 is 22.4 Å². The van der Waals surface area contributed by atoms with Crippen LogP contribution < -0.4 is 0 Å². The summed E-state index contributed by atoms with van der Waals surface area (Å²) in [5, 5.41) is 9.00. The van der Waals surface area contributed by atoms with Crippen molar-refractivity contribution in [1.29, 1.82) is 0 Å². The van der Waals surface area contributed by atoms with Gasteiger partial charge in [-0.15, -0.1) is 4.58 Å². The van der Waals surface area contributed by atoms with Crippen LogP contribution in [0.25, 0.3) is 0 Å². The first-order valence-electron chi connectivity index (χ1n) is 2.74. The number of aliphatic hydroxyl groups excluding tert-OH is 1. The summed E-state index contributed by atoms with van der Waals surface area (Å²) in [5.74, 6) is 1.04. The maximum atomic E-state index is 9.00. The van der Waals surface area contributed by atoms with Crippen LogP contribution in [-0.4, -0.2) is 21.5 Å². The van der Waals surface area contributed by atoms with E-state index >= 15 is 0 Å². The standard InChI is InChI=1S/C5H10OS2.Au/c6-4-1-2-8-5(7)3-4;/h4-7H,1-3H2;/q;+1/p-1. The minimum absolute atomic E-state index is 0. The van der Waals surface area contributed by atoms with Gasteiger partial charge in [-0.2, -0.15) is 11.8 Å². The molecule has 0 spiro atoms. The number of hydrogen-bond donors (Lipinski definition) is 1. The second-order valence-corrected chi connectivity index (χ2v) is 4.16. The SMILES string of the molecule is OC1CCSC([S-])C1.[Au+]. The molecule has 1 aliphatic rings. The predicted molar refractivity (Wildman–Crippen MR) is 38.9 cm³/mol. The molecule has 1 rings (SSSR count). The minimum atomic E-state index is -0.112. The molecule has 0 aromatic carbocycles. The van der Waals surface area contributed by atoms with E-state index in [-0.39, 0.29) is 33.1 Å². The first-order valence-corrected chi connectivity index (χ1v) is 4.26. The van der Waals surface area contributed by atoms with Crippen molar-refractivity contribution < 1.29 is 27.5 Å². The van der Waals surface area contributed by atoms with E-state index in [1.807, 2.05) is 0 Å². The molecule has 2 atom stereocenters. The van der Waals surface area contributed by atoms with Crippen LogP contribution in [0.5, 0.6) is 0 Å². The first-order chi connectivity index (χ1) is 3.79. The van der Waals surface area contributed by atoms with E-state index in [4.69, 9.17) is 17.7 Å². The third-order valence-corrected chi connectivity index (χ3v) is 2.86. The Morgan fingerprint density at radius 1 is 1.56 bits per heavy atom. The topological polar surface area (TPSA) is 20.2 Å². The van der Waals surface area contributed by atoms with E-state index < -0.39 is 0 Å². The summed E-state index contributed by atoms with van der Waals surface area (Å²) in [4.78, 5) is 0. The quantitative estimate of drug-likeness (QED) is 0.516. The van der Waals surface area contributed by atoms with Gasteiger partial charge < -0.3 is 17.7 Å². The van der Waals surface area contributed by atoms with Crippen LogP contribution in [-0.2, 0) is 35.0 Å². The zero-order chi connectivity index (χ0) is 5.98. The van der Waals surface area contributed by atoms with E-state index in [0.717, 1.165) is 18.6 Å². The summed E-state index contributed by atoms with van der Waals surface area (Å²) in [7, 11) is 0. The van der Waals surface area contributed by atoms with Gasteiger partial charge in [0, 0.05) is 0 Å². The molecule has 1 nitrogen and oxygen atoms in total. The van der Waals surface area contributed by atoms with Crippen LogP contribution in [0.3, 0.4) is 0 Å². The van der Waals surface area contributed by atoms with Crippen LogP contribution in [0.2, 0.25) is 0 Å². The maximum absolute atomic E-state index is 9.00. The average Bonchev–Trinajstić information content (AvgIpc) is 1.64. The van der Waals surface area contributed by atoms with Crippen molar-refractivity contribution in [3.8, 4) is 0 Å². The summed E-state index contributed by atoms with van der Waals surface area (Å²) in [6.45, 7) is 0. The van der Waals surface area contributed by atoms with Crippen LogP contribution in [0.1, 0.15) is 12.8 Å². The van der Waals surface area contributed by atoms with Crippen molar-refractivity contribution in [2.45, 2.75) is 23.5 Å². The average molecular weight is 346 g/mol. The van der Waals surface area contributed by atoms with Gasteiger partial charge in [0.2, 0.25) is 0 Å². The Morgan fingerprint density at radius 2 is 2.22 bits per heavy atom. The molecule has 4 heteroatoms. The van der Waals surface area contributed by atoms with E-state index in [2.05, 4.69) is 0 Å². The van der Waals surface area contributed by atoms with Crippen molar-refractivity contribution in [2.24, 2.45) is 0 Å². The van der Waals surface area contributed by atoms with Crippen LogP contribution in [0.15, 0.2) is 0 Å². The normalized spacial score (nSPS) is 35.3. The largest absolute Gasteiger partial charge is 1.00 e. The van der Waals surface area contributed by atoms with E-state index in [1.54, 1.807) is 11.8 Å². The third-order valence-electron chi connectivity index (χ3n) is 1.22. The van der Waals surface area contributed by atoms with Crippen molar-refractivity contribution in [1.82, 2.24) is 0 Å². The monoisotopic (exact) mass is 346 g/mol. The summed E-state index contributed by atoms with van der Waals surface area (Å²) in [6.07, 6.45) is 1.62. The van der Waals surface area contributed by atoms with Crippen LogP contribution in [0.4, 0.5) is 0 Å². The Bertz CT molecular complexity index is 73.4. The Hall–Kier alpha value is 1.40. The Labute approximate surface area is 80.9 Å². The Balaban J connectivity index is 0.000000640. The molecule has 0 aromatic heterocycles. The van der Waals surface area contributed by atoms with Crippen LogP contribution >= 0.6 is 11.8 Å². The molecule has 0 saturated carbocycles. The molecule has 58 valence electrons. The molecule has 0 bridgehead atoms. The summed E-state index contributed by atoms with van der Waals surface area (Å²) in [6, 6.07) is 0. The molecule has 1 saturated heterocycles.